The molecule has 0 N–H and O–H groups in total. The van der Waals surface area contributed by atoms with Gasteiger partial charge in [-0.05, 0) is 60.4 Å². The van der Waals surface area contributed by atoms with E-state index in [-0.39, 0.29) is 44.2 Å². The van der Waals surface area contributed by atoms with E-state index in [9.17, 15) is 26.3 Å². The number of hydrogen-bond donors (Lipinski definition) is 0. The molecule has 0 amide bonds. The molecule has 2 heterocycles. The van der Waals surface area contributed by atoms with E-state index >= 15 is 0 Å². The van der Waals surface area contributed by atoms with Crippen LogP contribution in [0.25, 0.3) is 11.4 Å². The van der Waals surface area contributed by atoms with Gasteiger partial charge >= 0.3 is 21.7 Å². The maximum absolute atomic E-state index is 13.4. The summed E-state index contributed by atoms with van der Waals surface area (Å²) in [5.41, 5.74) is -0.169. The van der Waals surface area contributed by atoms with Gasteiger partial charge in [0.15, 0.2) is 0 Å². The van der Waals surface area contributed by atoms with Gasteiger partial charge in [0.2, 0.25) is 0 Å². The van der Waals surface area contributed by atoms with Crippen LogP contribution in [0.3, 0.4) is 0 Å². The Hall–Kier alpha value is -3.75. The standard InChI is InChI=1S/2C11H7F3N.2C5H5.Ti/c2*1-7-10(14)8(12)6-9(13)11(7)15-4-2-3-5-15;2*1-2-4-5-3-1;/h2*2-5H,1H3;2*1-3H,4H2;/q4*-1;+4. The third-order valence-corrected chi connectivity index (χ3v) is 5.51. The van der Waals surface area contributed by atoms with Gasteiger partial charge in [0.1, 0.15) is 0 Å². The Morgan fingerprint density at radius 3 is 1.15 bits per heavy atom. The summed E-state index contributed by atoms with van der Waals surface area (Å²) in [5, 5.41) is 0. The van der Waals surface area contributed by atoms with Gasteiger partial charge in [-0.2, -0.15) is 12.2 Å². The van der Waals surface area contributed by atoms with Crippen LogP contribution in [-0.4, -0.2) is 9.13 Å². The summed E-state index contributed by atoms with van der Waals surface area (Å²) in [6.45, 7) is 2.65. The molecule has 2 aromatic carbocycles. The van der Waals surface area contributed by atoms with Crippen LogP contribution in [0.15, 0.2) is 85.5 Å². The topological polar surface area (TPSA) is 9.86 Å². The first-order chi connectivity index (χ1) is 19.2. The second-order valence-electron chi connectivity index (χ2n) is 8.27. The largest absolute Gasteiger partial charge is 4.00 e. The summed E-state index contributed by atoms with van der Waals surface area (Å²) >= 11 is 0. The Balaban J connectivity index is 0.000000211. The molecule has 4 aromatic rings. The van der Waals surface area contributed by atoms with Crippen LogP contribution in [0.5, 0.6) is 0 Å². The first-order valence-electron chi connectivity index (χ1n) is 12.0. The third kappa shape index (κ3) is 9.13. The van der Waals surface area contributed by atoms with Crippen LogP contribution in [0.1, 0.15) is 24.0 Å². The zero-order valence-electron chi connectivity index (χ0n) is 22.2. The molecule has 2 aliphatic rings. The summed E-state index contributed by atoms with van der Waals surface area (Å²) in [6, 6.07) is 10.1. The molecule has 208 valence electrons. The Morgan fingerprint density at radius 1 is 0.561 bits per heavy atom. The zero-order valence-corrected chi connectivity index (χ0v) is 23.7. The van der Waals surface area contributed by atoms with Crippen molar-refractivity contribution < 1.29 is 48.1 Å². The molecule has 0 aliphatic heterocycles. The average molecular weight is 598 g/mol. The number of rotatable bonds is 2. The van der Waals surface area contributed by atoms with Gasteiger partial charge in [-0.25, -0.2) is 41.9 Å². The van der Waals surface area contributed by atoms with Crippen LogP contribution < -0.4 is 0 Å². The first-order valence-corrected chi connectivity index (χ1v) is 12.0. The summed E-state index contributed by atoms with van der Waals surface area (Å²) in [7, 11) is 0. The smallest absolute Gasteiger partial charge is 0.374 e. The average Bonchev–Trinajstić information content (AvgIpc) is 3.75. The van der Waals surface area contributed by atoms with Crippen LogP contribution >= 0.6 is 0 Å². The predicted octanol–water partition coefficient (Wildman–Crippen LogP) is 8.62. The fourth-order valence-electron chi connectivity index (χ4n) is 3.55. The van der Waals surface area contributed by atoms with Gasteiger partial charge in [0, 0.05) is 34.9 Å². The van der Waals surface area contributed by atoms with Crippen molar-refractivity contribution in [1.29, 1.82) is 0 Å². The van der Waals surface area contributed by atoms with E-state index in [0.29, 0.717) is 0 Å². The molecule has 0 atom stereocenters. The van der Waals surface area contributed by atoms with Gasteiger partial charge in [-0.1, -0.05) is 25.0 Å². The van der Waals surface area contributed by atoms with Crippen molar-refractivity contribution in [2.45, 2.75) is 26.7 Å². The van der Waals surface area contributed by atoms with Crippen LogP contribution in [-0.2, 0) is 21.7 Å². The van der Waals surface area contributed by atoms with Gasteiger partial charge < -0.3 is 9.13 Å². The SMILES string of the molecule is Cc1c(F)c(F)[c-]c(F)c1-n1cccc1.Cc1c(F)c(F)[c-]c(F)c1-n1cccc1.[C-]1=CC=CC1.[C-]1=CC=CC1.[Ti+4]. The number of benzene rings is 2. The molecular formula is C32H24F6N2Ti. The summed E-state index contributed by atoms with van der Waals surface area (Å²) in [6.07, 6.45) is 26.2. The second-order valence-corrected chi connectivity index (χ2v) is 8.27. The number of halogens is 6. The quantitative estimate of drug-likeness (QED) is 0.0947. The normalized spacial score (nSPS) is 12.1. The van der Waals surface area contributed by atoms with Crippen molar-refractivity contribution in [1.82, 2.24) is 9.13 Å². The molecule has 9 heteroatoms. The third-order valence-electron chi connectivity index (χ3n) is 5.51. The monoisotopic (exact) mass is 598 g/mol. The second kappa shape index (κ2) is 16.5. The Bertz CT molecular complexity index is 1380. The van der Waals surface area contributed by atoms with Crippen molar-refractivity contribution >= 4 is 0 Å². The Morgan fingerprint density at radius 2 is 0.902 bits per heavy atom. The molecule has 0 saturated carbocycles. The number of nitrogens with zero attached hydrogens (tertiary/aromatic N) is 2. The minimum Gasteiger partial charge on any atom is -0.374 e. The zero-order chi connectivity index (χ0) is 29.1. The number of aromatic nitrogens is 2. The van der Waals surface area contributed by atoms with Crippen LogP contribution in [0, 0.1) is 73.0 Å². The molecule has 2 aromatic heterocycles. The molecule has 41 heavy (non-hydrogen) atoms. The molecule has 6 rings (SSSR count). The van der Waals surface area contributed by atoms with E-state index < -0.39 is 34.9 Å². The van der Waals surface area contributed by atoms with E-state index in [2.05, 4.69) is 24.3 Å². The van der Waals surface area contributed by atoms with E-state index in [4.69, 9.17) is 0 Å². The van der Waals surface area contributed by atoms with Crippen molar-refractivity contribution in [3.05, 3.63) is 156 Å². The summed E-state index contributed by atoms with van der Waals surface area (Å²) in [5.74, 6) is -6.52. The molecule has 0 radical (unpaired) electrons. The van der Waals surface area contributed by atoms with Crippen LogP contribution in [0.4, 0.5) is 26.3 Å². The Kier molecular flexibility index (Phi) is 13.5. The molecular weight excluding hydrogens is 574 g/mol. The fourth-order valence-corrected chi connectivity index (χ4v) is 3.55. The van der Waals surface area contributed by atoms with E-state index in [1.807, 2.05) is 24.3 Å². The van der Waals surface area contributed by atoms with Gasteiger partial charge in [0.25, 0.3) is 0 Å². The van der Waals surface area contributed by atoms with E-state index in [0.717, 1.165) is 12.8 Å². The molecule has 0 saturated heterocycles. The summed E-state index contributed by atoms with van der Waals surface area (Å²) < 4.78 is 81.4. The molecule has 2 aliphatic carbocycles. The van der Waals surface area contributed by atoms with E-state index in [1.165, 1.54) is 23.0 Å². The van der Waals surface area contributed by atoms with E-state index in [1.54, 1.807) is 61.2 Å². The van der Waals surface area contributed by atoms with Gasteiger partial charge in [0.05, 0.1) is 0 Å². The molecule has 2 nitrogen and oxygen atoms in total. The maximum atomic E-state index is 13.4. The van der Waals surface area contributed by atoms with Gasteiger partial charge in [-0.15, -0.1) is 25.0 Å². The van der Waals surface area contributed by atoms with Crippen molar-refractivity contribution in [3.8, 4) is 11.4 Å². The van der Waals surface area contributed by atoms with Gasteiger partial charge in [-0.3, -0.25) is 20.9 Å². The molecule has 0 fully saturated rings. The van der Waals surface area contributed by atoms with Crippen molar-refractivity contribution in [3.63, 3.8) is 0 Å². The molecule has 0 unspecified atom stereocenters. The summed E-state index contributed by atoms with van der Waals surface area (Å²) in [4.78, 5) is 0. The fraction of sp³-hybridized carbons (Fsp3) is 0.125. The molecule has 0 bridgehead atoms. The van der Waals surface area contributed by atoms with Crippen molar-refractivity contribution in [2.24, 2.45) is 0 Å². The molecule has 0 spiro atoms. The number of allylic oxidation sites excluding steroid dienone is 8. The minimum absolute atomic E-state index is 0. The van der Waals surface area contributed by atoms with Crippen LogP contribution in [0.2, 0.25) is 0 Å². The van der Waals surface area contributed by atoms with Crippen molar-refractivity contribution in [2.75, 3.05) is 0 Å². The first kappa shape index (κ1) is 33.5. The number of hydrogen-bond acceptors (Lipinski definition) is 0. The maximum Gasteiger partial charge on any atom is 4.00 e. The Labute approximate surface area is 250 Å². The minimum atomic E-state index is -1.29. The predicted molar refractivity (Wildman–Crippen MR) is 142 cm³/mol.